The Kier molecular flexibility index (Phi) is 3.62. The van der Waals surface area contributed by atoms with E-state index in [1.165, 1.54) is 30.5 Å². The van der Waals surface area contributed by atoms with Gasteiger partial charge in [0, 0.05) is 6.20 Å². The summed E-state index contributed by atoms with van der Waals surface area (Å²) in [4.78, 5) is 41.1. The number of aromatic hydroxyl groups is 1. The Morgan fingerprint density at radius 2 is 1.83 bits per heavy atom. The summed E-state index contributed by atoms with van der Waals surface area (Å²) in [5.74, 6) is -1.89. The van der Waals surface area contributed by atoms with Crippen LogP contribution in [0.3, 0.4) is 0 Å². The van der Waals surface area contributed by atoms with Crippen LogP contribution in [-0.2, 0) is 0 Å². The van der Waals surface area contributed by atoms with Gasteiger partial charge in [-0.05, 0) is 30.3 Å². The van der Waals surface area contributed by atoms with E-state index in [1.807, 2.05) is 0 Å². The lowest BCUT2D eigenvalue weighted by atomic mass is 10.1. The molecule has 0 saturated heterocycles. The fraction of sp³-hybridized carbons (Fsp3) is 0. The second kappa shape index (κ2) is 6.08. The molecule has 1 aliphatic heterocycles. The minimum atomic E-state index is -0.715. The van der Waals surface area contributed by atoms with Crippen LogP contribution in [0.2, 0.25) is 5.02 Å². The highest BCUT2D eigenvalue weighted by molar-refractivity contribution is 6.35. The zero-order chi connectivity index (χ0) is 20.3. The van der Waals surface area contributed by atoms with Gasteiger partial charge >= 0.3 is 0 Å². The number of nitrogens with zero attached hydrogens (tertiary/aromatic N) is 4. The first kappa shape index (κ1) is 17.3. The fourth-order valence-corrected chi connectivity index (χ4v) is 3.47. The molecule has 1 aromatic carbocycles. The van der Waals surface area contributed by atoms with E-state index in [-0.39, 0.29) is 39.1 Å². The number of hydrogen-bond donors (Lipinski definition) is 2. The van der Waals surface area contributed by atoms with Crippen LogP contribution in [0.5, 0.6) is 5.88 Å². The van der Waals surface area contributed by atoms with Crippen molar-refractivity contribution in [3.8, 4) is 17.3 Å². The highest BCUT2D eigenvalue weighted by Crippen LogP contribution is 2.35. The summed E-state index contributed by atoms with van der Waals surface area (Å²) in [6, 6.07) is 6.86. The topological polar surface area (TPSA) is 112 Å². The molecule has 0 atom stereocenters. The van der Waals surface area contributed by atoms with Gasteiger partial charge in [0.2, 0.25) is 11.8 Å². The maximum absolute atomic E-state index is 13.1. The SMILES string of the molecule is O=C1c2cc3nc(-c4c(Cl)ccnc4O)[nH]c3cc2C(=O)N1c1ccc(F)nc1. The molecule has 0 spiro atoms. The molecule has 10 heteroatoms. The van der Waals surface area contributed by atoms with Gasteiger partial charge in [-0.3, -0.25) is 9.59 Å². The van der Waals surface area contributed by atoms with Crippen LogP contribution in [-0.4, -0.2) is 36.9 Å². The van der Waals surface area contributed by atoms with Crippen molar-refractivity contribution in [1.82, 2.24) is 19.9 Å². The molecule has 5 rings (SSSR count). The van der Waals surface area contributed by atoms with E-state index >= 15 is 0 Å². The molecule has 0 bridgehead atoms. The number of imide groups is 1. The van der Waals surface area contributed by atoms with Crippen molar-refractivity contribution in [2.24, 2.45) is 0 Å². The monoisotopic (exact) mass is 409 g/mol. The second-order valence-electron chi connectivity index (χ2n) is 6.28. The maximum Gasteiger partial charge on any atom is 0.266 e. The molecule has 0 fully saturated rings. The number of carbonyl (C=O) groups excluding carboxylic acids is 2. The Morgan fingerprint density at radius 1 is 1.07 bits per heavy atom. The Labute approximate surface area is 166 Å². The Bertz CT molecular complexity index is 1260. The second-order valence-corrected chi connectivity index (χ2v) is 6.68. The molecule has 2 amide bonds. The van der Waals surface area contributed by atoms with Crippen LogP contribution < -0.4 is 4.90 Å². The lowest BCUT2D eigenvalue weighted by Crippen LogP contribution is -2.29. The number of halogens is 2. The van der Waals surface area contributed by atoms with Gasteiger partial charge in [-0.1, -0.05) is 11.6 Å². The Balaban J connectivity index is 1.62. The number of hydrogen-bond acceptors (Lipinski definition) is 6. The summed E-state index contributed by atoms with van der Waals surface area (Å²) >= 11 is 6.13. The number of imidazole rings is 1. The molecule has 3 aromatic heterocycles. The third-order valence-corrected chi connectivity index (χ3v) is 4.89. The Hall–Kier alpha value is -3.85. The van der Waals surface area contributed by atoms with Gasteiger partial charge in [-0.25, -0.2) is 19.9 Å². The molecular weight excluding hydrogens is 401 g/mol. The summed E-state index contributed by atoms with van der Waals surface area (Å²) in [6.45, 7) is 0. The normalized spacial score (nSPS) is 13.4. The molecule has 4 aromatic rings. The number of H-pyrrole nitrogens is 1. The third kappa shape index (κ3) is 2.55. The number of amides is 2. The quantitative estimate of drug-likeness (QED) is 0.388. The summed E-state index contributed by atoms with van der Waals surface area (Å²) in [7, 11) is 0. The highest BCUT2D eigenvalue weighted by atomic mass is 35.5. The van der Waals surface area contributed by atoms with Gasteiger partial charge in [0.1, 0.15) is 5.82 Å². The molecule has 0 saturated carbocycles. The first-order valence-corrected chi connectivity index (χ1v) is 8.70. The molecule has 29 heavy (non-hydrogen) atoms. The molecule has 1 aliphatic rings. The predicted molar refractivity (Wildman–Crippen MR) is 101 cm³/mol. The van der Waals surface area contributed by atoms with Crippen molar-refractivity contribution in [2.45, 2.75) is 0 Å². The van der Waals surface area contributed by atoms with Crippen molar-refractivity contribution < 1.29 is 19.1 Å². The highest BCUT2D eigenvalue weighted by Gasteiger charge is 2.37. The van der Waals surface area contributed by atoms with E-state index in [2.05, 4.69) is 19.9 Å². The van der Waals surface area contributed by atoms with E-state index in [9.17, 15) is 19.1 Å². The van der Waals surface area contributed by atoms with Crippen molar-refractivity contribution in [1.29, 1.82) is 0 Å². The number of anilines is 1. The van der Waals surface area contributed by atoms with Crippen LogP contribution in [0, 0.1) is 5.95 Å². The van der Waals surface area contributed by atoms with Crippen molar-refractivity contribution in [3.05, 3.63) is 64.8 Å². The summed E-state index contributed by atoms with van der Waals surface area (Å²) in [5.41, 5.74) is 1.58. The molecule has 8 nitrogen and oxygen atoms in total. The van der Waals surface area contributed by atoms with Gasteiger partial charge in [0.05, 0.1) is 44.6 Å². The molecule has 0 aliphatic carbocycles. The number of pyridine rings is 2. The van der Waals surface area contributed by atoms with Crippen molar-refractivity contribution >= 4 is 40.1 Å². The average molecular weight is 410 g/mol. The molecule has 4 heterocycles. The minimum absolute atomic E-state index is 0.159. The first-order chi connectivity index (χ1) is 13.9. The Morgan fingerprint density at radius 3 is 2.52 bits per heavy atom. The summed E-state index contributed by atoms with van der Waals surface area (Å²) in [5, 5.41) is 10.2. The van der Waals surface area contributed by atoms with Gasteiger partial charge < -0.3 is 10.1 Å². The van der Waals surface area contributed by atoms with Gasteiger partial charge in [0.25, 0.3) is 11.8 Å². The van der Waals surface area contributed by atoms with Gasteiger partial charge in [-0.2, -0.15) is 4.39 Å². The third-order valence-electron chi connectivity index (χ3n) is 4.58. The van der Waals surface area contributed by atoms with Crippen LogP contribution in [0.25, 0.3) is 22.4 Å². The number of aromatic amines is 1. The summed E-state index contributed by atoms with van der Waals surface area (Å²) in [6.07, 6.45) is 2.47. The van der Waals surface area contributed by atoms with Crippen LogP contribution in [0.1, 0.15) is 20.7 Å². The van der Waals surface area contributed by atoms with Gasteiger partial charge in [0.15, 0.2) is 0 Å². The molecule has 2 N–H and O–H groups in total. The number of nitrogens with one attached hydrogen (secondary N) is 1. The van der Waals surface area contributed by atoms with E-state index < -0.39 is 17.8 Å². The lowest BCUT2D eigenvalue weighted by molar-refractivity contribution is 0.0926. The van der Waals surface area contributed by atoms with E-state index in [1.54, 1.807) is 0 Å². The molecule has 142 valence electrons. The molecular formula is C19H9ClFN5O3. The largest absolute Gasteiger partial charge is 0.493 e. The molecule has 0 radical (unpaired) electrons. The standard InChI is InChI=1S/C19H9ClFN5O3/c20-11-3-4-22-17(27)15(11)16-24-12-5-9-10(6-13(12)25-16)19(29)26(18(9)28)8-1-2-14(21)23-7-8/h1-7H,(H,22,27)(H,24,25). The number of fused-ring (bicyclic) bond motifs is 2. The van der Waals surface area contributed by atoms with Crippen molar-refractivity contribution in [3.63, 3.8) is 0 Å². The number of carbonyl (C=O) groups is 2. The van der Waals surface area contributed by atoms with Crippen LogP contribution >= 0.6 is 11.6 Å². The average Bonchev–Trinajstić information content (AvgIpc) is 3.20. The lowest BCUT2D eigenvalue weighted by Gasteiger charge is -2.12. The molecule has 0 unspecified atom stereocenters. The zero-order valence-electron chi connectivity index (χ0n) is 14.3. The number of aromatic nitrogens is 4. The number of benzene rings is 1. The predicted octanol–water partition coefficient (Wildman–Crippen LogP) is 3.32. The fourth-order valence-electron chi connectivity index (χ4n) is 3.24. The number of rotatable bonds is 2. The zero-order valence-corrected chi connectivity index (χ0v) is 15.1. The van der Waals surface area contributed by atoms with Crippen molar-refractivity contribution in [2.75, 3.05) is 4.90 Å². The maximum atomic E-state index is 13.1. The van der Waals surface area contributed by atoms with Crippen LogP contribution in [0.4, 0.5) is 10.1 Å². The minimum Gasteiger partial charge on any atom is -0.493 e. The van der Waals surface area contributed by atoms with Crippen LogP contribution in [0.15, 0.2) is 42.7 Å². The van der Waals surface area contributed by atoms with E-state index in [0.29, 0.717) is 11.0 Å². The van der Waals surface area contributed by atoms with E-state index in [0.717, 1.165) is 17.2 Å². The summed E-state index contributed by atoms with van der Waals surface area (Å²) < 4.78 is 13.1. The first-order valence-electron chi connectivity index (χ1n) is 8.32. The smallest absolute Gasteiger partial charge is 0.266 e. The van der Waals surface area contributed by atoms with E-state index in [4.69, 9.17) is 11.6 Å². The van der Waals surface area contributed by atoms with Gasteiger partial charge in [-0.15, -0.1) is 0 Å².